The van der Waals surface area contributed by atoms with E-state index in [-0.39, 0.29) is 11.8 Å². The number of hydrogen-bond donors (Lipinski definition) is 2. The molecule has 0 atom stereocenters. The van der Waals surface area contributed by atoms with E-state index >= 15 is 0 Å². The third kappa shape index (κ3) is 4.28. The summed E-state index contributed by atoms with van der Waals surface area (Å²) in [5.41, 5.74) is 4.13. The number of hydrogen-bond acceptors (Lipinski definition) is 5. The van der Waals surface area contributed by atoms with E-state index in [0.717, 1.165) is 22.0 Å². The average Bonchev–Trinajstić information content (AvgIpc) is 2.90. The quantitative estimate of drug-likeness (QED) is 0.477. The highest BCUT2D eigenvalue weighted by atomic mass is 16.6. The Hall–Kier alpha value is -4.39. The zero-order valence-corrected chi connectivity index (χ0v) is 18.6. The minimum absolute atomic E-state index is 0.169. The molecule has 0 spiro atoms. The van der Waals surface area contributed by atoms with Gasteiger partial charge >= 0.3 is 0 Å². The fourth-order valence-electron chi connectivity index (χ4n) is 3.96. The Balaban J connectivity index is 1.46. The van der Waals surface area contributed by atoms with Crippen LogP contribution in [-0.2, 0) is 6.54 Å². The third-order valence-electron chi connectivity index (χ3n) is 5.67. The maximum atomic E-state index is 13.3. The lowest BCUT2D eigenvalue weighted by Crippen LogP contribution is -2.24. The van der Waals surface area contributed by atoms with E-state index in [0.29, 0.717) is 48.1 Å². The van der Waals surface area contributed by atoms with Crippen LogP contribution < -0.4 is 20.1 Å². The van der Waals surface area contributed by atoms with Crippen LogP contribution in [0.2, 0.25) is 0 Å². The maximum Gasteiger partial charge on any atom is 0.252 e. The van der Waals surface area contributed by atoms with Gasteiger partial charge in [0.1, 0.15) is 13.2 Å². The number of carbonyl (C=O) groups excluding carboxylic acids is 2. The second-order valence-corrected chi connectivity index (χ2v) is 7.89. The summed E-state index contributed by atoms with van der Waals surface area (Å²) in [6.45, 7) is 1.31. The summed E-state index contributed by atoms with van der Waals surface area (Å²) in [6.07, 6.45) is 0. The molecule has 2 N–H and O–H groups in total. The van der Waals surface area contributed by atoms with Gasteiger partial charge in [0.15, 0.2) is 11.5 Å². The first-order valence-corrected chi connectivity index (χ1v) is 11.0. The fraction of sp³-hybridized carbons (Fsp3) is 0.148. The fourth-order valence-corrected chi connectivity index (χ4v) is 3.96. The van der Waals surface area contributed by atoms with Crippen LogP contribution in [0.4, 0.5) is 0 Å². The molecule has 0 saturated carbocycles. The number of nitrogens with one attached hydrogen (secondary N) is 2. The lowest BCUT2D eigenvalue weighted by molar-refractivity contribution is 0.0950. The van der Waals surface area contributed by atoms with Crippen molar-refractivity contribution in [2.75, 3.05) is 20.3 Å². The van der Waals surface area contributed by atoms with Crippen molar-refractivity contribution in [3.05, 3.63) is 89.5 Å². The molecule has 0 fully saturated rings. The number of benzene rings is 3. The van der Waals surface area contributed by atoms with E-state index in [4.69, 9.17) is 14.5 Å². The zero-order chi connectivity index (χ0) is 23.5. The first-order valence-electron chi connectivity index (χ1n) is 11.0. The molecular weight excluding hydrogens is 430 g/mol. The van der Waals surface area contributed by atoms with E-state index in [2.05, 4.69) is 10.6 Å². The average molecular weight is 453 g/mol. The summed E-state index contributed by atoms with van der Waals surface area (Å²) < 4.78 is 11.3. The highest BCUT2D eigenvalue weighted by molar-refractivity contribution is 6.07. The molecule has 7 heteroatoms. The third-order valence-corrected chi connectivity index (χ3v) is 5.67. The molecule has 2 heterocycles. The van der Waals surface area contributed by atoms with Gasteiger partial charge in [0, 0.05) is 30.1 Å². The highest BCUT2D eigenvalue weighted by Gasteiger charge is 2.17. The molecule has 0 unspecified atom stereocenters. The molecule has 3 aromatic carbocycles. The first kappa shape index (κ1) is 21.5. The normalized spacial score (nSPS) is 12.3. The van der Waals surface area contributed by atoms with E-state index in [1.54, 1.807) is 31.3 Å². The molecule has 7 nitrogen and oxygen atoms in total. The number of fused-ring (bicyclic) bond motifs is 2. The van der Waals surface area contributed by atoms with Crippen LogP contribution in [0.15, 0.2) is 72.8 Å². The standard InChI is InChI=1S/C27H23N3O4/c1-28-26(31)19-6-4-5-17(13-19)16-29-27(32)21-15-23(30-22-8-3-2-7-20(21)22)18-9-10-24-25(14-18)34-12-11-33-24/h2-10,13-15H,11-12,16H2,1H3,(H,28,31)(H,29,32). The van der Waals surface area contributed by atoms with Crippen LogP contribution in [0.3, 0.4) is 0 Å². The Bertz CT molecular complexity index is 1400. The Kier molecular flexibility index (Phi) is 5.82. The van der Waals surface area contributed by atoms with Crippen molar-refractivity contribution < 1.29 is 19.1 Å². The van der Waals surface area contributed by atoms with Crippen molar-refractivity contribution in [1.29, 1.82) is 0 Å². The van der Waals surface area contributed by atoms with Gasteiger partial charge in [0.25, 0.3) is 11.8 Å². The molecular formula is C27H23N3O4. The van der Waals surface area contributed by atoms with Crippen LogP contribution in [0.5, 0.6) is 11.5 Å². The minimum Gasteiger partial charge on any atom is -0.486 e. The summed E-state index contributed by atoms with van der Waals surface area (Å²) in [5.74, 6) is 0.980. The van der Waals surface area contributed by atoms with Crippen molar-refractivity contribution in [2.24, 2.45) is 0 Å². The Labute approximate surface area is 196 Å². The van der Waals surface area contributed by atoms with Gasteiger partial charge in [-0.05, 0) is 48.0 Å². The van der Waals surface area contributed by atoms with Crippen molar-refractivity contribution in [3.8, 4) is 22.8 Å². The molecule has 0 aliphatic carbocycles. The number of aromatic nitrogens is 1. The number of carbonyl (C=O) groups is 2. The number of ether oxygens (including phenoxy) is 2. The molecule has 0 bridgehead atoms. The van der Waals surface area contributed by atoms with Gasteiger partial charge in [-0.1, -0.05) is 30.3 Å². The predicted octanol–water partition coefficient (Wildman–Crippen LogP) is 3.96. The lowest BCUT2D eigenvalue weighted by Gasteiger charge is -2.19. The molecule has 5 rings (SSSR count). The number of para-hydroxylation sites is 1. The summed E-state index contributed by atoms with van der Waals surface area (Å²) in [4.78, 5) is 29.9. The second kappa shape index (κ2) is 9.23. The molecule has 0 saturated heterocycles. The van der Waals surface area contributed by atoms with Crippen LogP contribution in [-0.4, -0.2) is 37.1 Å². The van der Waals surface area contributed by atoms with E-state index in [9.17, 15) is 9.59 Å². The van der Waals surface area contributed by atoms with E-state index < -0.39 is 0 Å². The molecule has 34 heavy (non-hydrogen) atoms. The van der Waals surface area contributed by atoms with Gasteiger partial charge in [-0.25, -0.2) is 4.98 Å². The smallest absolute Gasteiger partial charge is 0.252 e. The van der Waals surface area contributed by atoms with Crippen LogP contribution in [0.25, 0.3) is 22.2 Å². The van der Waals surface area contributed by atoms with Crippen molar-refractivity contribution in [3.63, 3.8) is 0 Å². The SMILES string of the molecule is CNC(=O)c1cccc(CNC(=O)c2cc(-c3ccc4c(c3)OCCO4)nc3ccccc23)c1. The molecule has 1 aliphatic rings. The van der Waals surface area contributed by atoms with Crippen LogP contribution >= 0.6 is 0 Å². The number of rotatable bonds is 5. The van der Waals surface area contributed by atoms with Crippen molar-refractivity contribution in [1.82, 2.24) is 15.6 Å². The zero-order valence-electron chi connectivity index (χ0n) is 18.6. The summed E-state index contributed by atoms with van der Waals surface area (Å²) in [7, 11) is 1.59. The first-order chi connectivity index (χ1) is 16.6. The molecule has 2 amide bonds. The van der Waals surface area contributed by atoms with Crippen molar-refractivity contribution in [2.45, 2.75) is 6.54 Å². The molecule has 1 aromatic heterocycles. The summed E-state index contributed by atoms with van der Waals surface area (Å²) >= 11 is 0. The Morgan fingerprint density at radius 1 is 0.882 bits per heavy atom. The molecule has 0 radical (unpaired) electrons. The molecule has 170 valence electrons. The molecule has 1 aliphatic heterocycles. The Morgan fingerprint density at radius 2 is 1.71 bits per heavy atom. The second-order valence-electron chi connectivity index (χ2n) is 7.89. The highest BCUT2D eigenvalue weighted by Crippen LogP contribution is 2.35. The van der Waals surface area contributed by atoms with E-state index in [1.165, 1.54) is 0 Å². The van der Waals surface area contributed by atoms with E-state index in [1.807, 2.05) is 48.5 Å². The van der Waals surface area contributed by atoms with Gasteiger partial charge < -0.3 is 20.1 Å². The summed E-state index contributed by atoms with van der Waals surface area (Å²) in [5, 5.41) is 6.35. The topological polar surface area (TPSA) is 89.6 Å². The number of pyridine rings is 1. The van der Waals surface area contributed by atoms with Gasteiger partial charge in [-0.3, -0.25) is 9.59 Å². The van der Waals surface area contributed by atoms with Crippen LogP contribution in [0, 0.1) is 0 Å². The lowest BCUT2D eigenvalue weighted by atomic mass is 10.0. The predicted molar refractivity (Wildman–Crippen MR) is 129 cm³/mol. The maximum absolute atomic E-state index is 13.3. The number of nitrogens with zero attached hydrogens (tertiary/aromatic N) is 1. The van der Waals surface area contributed by atoms with Crippen LogP contribution in [0.1, 0.15) is 26.3 Å². The molecule has 4 aromatic rings. The van der Waals surface area contributed by atoms with Gasteiger partial charge in [-0.15, -0.1) is 0 Å². The van der Waals surface area contributed by atoms with Crippen molar-refractivity contribution >= 4 is 22.7 Å². The largest absolute Gasteiger partial charge is 0.486 e. The van der Waals surface area contributed by atoms with Gasteiger partial charge in [0.05, 0.1) is 16.8 Å². The monoisotopic (exact) mass is 453 g/mol. The summed E-state index contributed by atoms with van der Waals surface area (Å²) in [6, 6.07) is 22.2. The Morgan fingerprint density at radius 3 is 2.56 bits per heavy atom. The minimum atomic E-state index is -0.220. The van der Waals surface area contributed by atoms with Gasteiger partial charge in [-0.2, -0.15) is 0 Å². The number of amides is 2. The van der Waals surface area contributed by atoms with Gasteiger partial charge in [0.2, 0.25) is 0 Å².